The van der Waals surface area contributed by atoms with Crippen LogP contribution in [0, 0.1) is 5.82 Å². The third-order valence-corrected chi connectivity index (χ3v) is 2.74. The smallest absolute Gasteiger partial charge is 0.142 e. The molecule has 1 heterocycles. The zero-order valence-electron chi connectivity index (χ0n) is 7.59. The van der Waals surface area contributed by atoms with E-state index in [0.717, 1.165) is 12.0 Å². The summed E-state index contributed by atoms with van der Waals surface area (Å²) >= 11 is 5.83. The molecule has 0 bridgehead atoms. The molecule has 76 valence electrons. The molecule has 0 amide bonds. The molecule has 2 nitrogen and oxygen atoms in total. The van der Waals surface area contributed by atoms with E-state index in [-0.39, 0.29) is 16.9 Å². The molecule has 1 aromatic rings. The fourth-order valence-electron chi connectivity index (χ4n) is 1.55. The summed E-state index contributed by atoms with van der Waals surface area (Å²) in [6.07, 6.45) is 1.64. The van der Waals surface area contributed by atoms with Crippen LogP contribution >= 0.6 is 11.6 Å². The van der Waals surface area contributed by atoms with E-state index in [0.29, 0.717) is 13.0 Å². The molecule has 0 aliphatic carbocycles. The number of nitrogens with one attached hydrogen (secondary N) is 1. The Labute approximate surface area is 87.0 Å². The van der Waals surface area contributed by atoms with E-state index >= 15 is 0 Å². The predicted octanol–water partition coefficient (Wildman–Crippen LogP) is 2.32. The molecule has 1 N–H and O–H groups in total. The van der Waals surface area contributed by atoms with Crippen molar-refractivity contribution in [2.45, 2.75) is 18.9 Å². The van der Waals surface area contributed by atoms with Crippen LogP contribution in [0.2, 0.25) is 5.02 Å². The highest BCUT2D eigenvalue weighted by Gasteiger charge is 2.17. The lowest BCUT2D eigenvalue weighted by Crippen LogP contribution is -2.22. The van der Waals surface area contributed by atoms with Crippen molar-refractivity contribution in [3.8, 4) is 0 Å². The Hall–Kier alpha value is -0.640. The molecule has 1 aliphatic heterocycles. The van der Waals surface area contributed by atoms with Crippen molar-refractivity contribution in [1.82, 2.24) is 5.48 Å². The molecule has 1 aromatic carbocycles. The van der Waals surface area contributed by atoms with Gasteiger partial charge in [-0.25, -0.2) is 4.39 Å². The molecule has 2 rings (SSSR count). The standard InChI is InChI=1S/C10H11ClFNO/c11-10-7(2-1-3-9(10)12)6-8-4-5-14-13-8/h1-3,8,13H,4-6H2. The Morgan fingerprint density at radius 1 is 1.57 bits per heavy atom. The van der Waals surface area contributed by atoms with Crippen LogP contribution in [-0.2, 0) is 11.3 Å². The number of hydrogen-bond acceptors (Lipinski definition) is 2. The molecule has 1 fully saturated rings. The second-order valence-electron chi connectivity index (χ2n) is 3.37. The van der Waals surface area contributed by atoms with Crippen LogP contribution in [0.4, 0.5) is 4.39 Å². The largest absolute Gasteiger partial charge is 0.301 e. The maximum Gasteiger partial charge on any atom is 0.142 e. The number of benzene rings is 1. The number of halogens is 2. The van der Waals surface area contributed by atoms with Gasteiger partial charge in [0, 0.05) is 6.04 Å². The van der Waals surface area contributed by atoms with Crippen molar-refractivity contribution < 1.29 is 9.23 Å². The highest BCUT2D eigenvalue weighted by molar-refractivity contribution is 6.31. The fourth-order valence-corrected chi connectivity index (χ4v) is 1.76. The summed E-state index contributed by atoms with van der Waals surface area (Å²) in [5, 5.41) is 0.223. The normalized spacial score (nSPS) is 21.4. The van der Waals surface area contributed by atoms with Gasteiger partial charge in [-0.05, 0) is 24.5 Å². The maximum atomic E-state index is 13.1. The molecule has 1 atom stereocenters. The highest BCUT2D eigenvalue weighted by Crippen LogP contribution is 2.22. The van der Waals surface area contributed by atoms with Crippen molar-refractivity contribution in [2.75, 3.05) is 6.61 Å². The first-order chi connectivity index (χ1) is 6.77. The van der Waals surface area contributed by atoms with Crippen LogP contribution in [0.5, 0.6) is 0 Å². The lowest BCUT2D eigenvalue weighted by Gasteiger charge is -2.09. The van der Waals surface area contributed by atoms with E-state index in [1.807, 2.05) is 6.07 Å². The van der Waals surface area contributed by atoms with E-state index in [2.05, 4.69) is 5.48 Å². The summed E-state index contributed by atoms with van der Waals surface area (Å²) < 4.78 is 13.1. The first kappa shape index (κ1) is 9.90. The Morgan fingerprint density at radius 2 is 2.43 bits per heavy atom. The quantitative estimate of drug-likeness (QED) is 0.818. The van der Waals surface area contributed by atoms with Gasteiger partial charge in [-0.15, -0.1) is 0 Å². The van der Waals surface area contributed by atoms with Gasteiger partial charge in [-0.3, -0.25) is 0 Å². The van der Waals surface area contributed by atoms with Crippen LogP contribution in [0.25, 0.3) is 0 Å². The van der Waals surface area contributed by atoms with Crippen molar-refractivity contribution >= 4 is 11.6 Å². The zero-order chi connectivity index (χ0) is 9.97. The molecule has 1 aliphatic rings. The van der Waals surface area contributed by atoms with E-state index < -0.39 is 0 Å². The van der Waals surface area contributed by atoms with Crippen molar-refractivity contribution in [1.29, 1.82) is 0 Å². The molecule has 14 heavy (non-hydrogen) atoms. The lowest BCUT2D eigenvalue weighted by atomic mass is 10.0. The highest BCUT2D eigenvalue weighted by atomic mass is 35.5. The molecule has 4 heteroatoms. The fraction of sp³-hybridized carbons (Fsp3) is 0.400. The third kappa shape index (κ3) is 2.05. The van der Waals surface area contributed by atoms with Crippen LogP contribution in [0.1, 0.15) is 12.0 Å². The first-order valence-corrected chi connectivity index (χ1v) is 4.95. The average Bonchev–Trinajstić information content (AvgIpc) is 2.66. The van der Waals surface area contributed by atoms with E-state index in [4.69, 9.17) is 16.4 Å². The van der Waals surface area contributed by atoms with Gasteiger partial charge in [-0.2, -0.15) is 5.48 Å². The van der Waals surface area contributed by atoms with Gasteiger partial charge in [0.2, 0.25) is 0 Å². The molecular weight excluding hydrogens is 205 g/mol. The molecule has 0 spiro atoms. The summed E-state index contributed by atoms with van der Waals surface area (Å²) in [6, 6.07) is 5.12. The average molecular weight is 216 g/mol. The first-order valence-electron chi connectivity index (χ1n) is 4.57. The number of hydroxylamine groups is 1. The third-order valence-electron chi connectivity index (χ3n) is 2.32. The molecular formula is C10H11ClFNO. The molecule has 1 unspecified atom stereocenters. The lowest BCUT2D eigenvalue weighted by molar-refractivity contribution is 0.0883. The Kier molecular flexibility index (Phi) is 3.01. The van der Waals surface area contributed by atoms with Gasteiger partial charge in [0.25, 0.3) is 0 Å². The van der Waals surface area contributed by atoms with Crippen molar-refractivity contribution in [2.24, 2.45) is 0 Å². The Balaban J connectivity index is 2.11. The van der Waals surface area contributed by atoms with Gasteiger partial charge in [-0.1, -0.05) is 23.7 Å². The van der Waals surface area contributed by atoms with E-state index in [1.165, 1.54) is 6.07 Å². The Morgan fingerprint density at radius 3 is 3.14 bits per heavy atom. The minimum absolute atomic E-state index is 0.223. The number of rotatable bonds is 2. The van der Waals surface area contributed by atoms with Crippen LogP contribution in [-0.4, -0.2) is 12.6 Å². The topological polar surface area (TPSA) is 21.3 Å². The Bertz CT molecular complexity index is 326. The summed E-state index contributed by atoms with van der Waals surface area (Å²) in [7, 11) is 0. The van der Waals surface area contributed by atoms with Crippen LogP contribution in [0.3, 0.4) is 0 Å². The van der Waals surface area contributed by atoms with Crippen LogP contribution in [0.15, 0.2) is 18.2 Å². The van der Waals surface area contributed by atoms with Gasteiger partial charge >= 0.3 is 0 Å². The summed E-state index contributed by atoms with van der Waals surface area (Å²) in [5.41, 5.74) is 3.70. The van der Waals surface area contributed by atoms with Gasteiger partial charge in [0.1, 0.15) is 5.82 Å². The molecule has 1 saturated heterocycles. The predicted molar refractivity (Wildman–Crippen MR) is 52.6 cm³/mol. The summed E-state index contributed by atoms with van der Waals surface area (Å²) in [5.74, 6) is -0.358. The van der Waals surface area contributed by atoms with Crippen molar-refractivity contribution in [3.05, 3.63) is 34.6 Å². The SMILES string of the molecule is Fc1cccc(CC2CCON2)c1Cl. The minimum atomic E-state index is -0.358. The van der Waals surface area contributed by atoms with Crippen molar-refractivity contribution in [3.63, 3.8) is 0 Å². The monoisotopic (exact) mass is 215 g/mol. The number of hydrogen-bond donors (Lipinski definition) is 1. The van der Waals surface area contributed by atoms with Gasteiger partial charge in [0.15, 0.2) is 0 Å². The minimum Gasteiger partial charge on any atom is -0.301 e. The van der Waals surface area contributed by atoms with Gasteiger partial charge < -0.3 is 4.84 Å². The summed E-state index contributed by atoms with van der Waals surface area (Å²) in [6.45, 7) is 0.706. The zero-order valence-corrected chi connectivity index (χ0v) is 8.35. The molecule has 0 radical (unpaired) electrons. The summed E-state index contributed by atoms with van der Waals surface area (Å²) in [4.78, 5) is 5.01. The molecule has 0 saturated carbocycles. The van der Waals surface area contributed by atoms with Crippen LogP contribution < -0.4 is 5.48 Å². The maximum absolute atomic E-state index is 13.1. The van der Waals surface area contributed by atoms with Gasteiger partial charge in [0.05, 0.1) is 11.6 Å². The van der Waals surface area contributed by atoms with E-state index in [9.17, 15) is 4.39 Å². The molecule has 0 aromatic heterocycles. The second kappa shape index (κ2) is 4.26. The second-order valence-corrected chi connectivity index (χ2v) is 3.75. The van der Waals surface area contributed by atoms with E-state index in [1.54, 1.807) is 6.07 Å².